The maximum Gasteiger partial charge on any atom is 0.127 e. The number of nitrogens with zero attached hydrogens (tertiary/aromatic N) is 2. The highest BCUT2D eigenvalue weighted by Crippen LogP contribution is 2.21. The van der Waals surface area contributed by atoms with E-state index in [9.17, 15) is 0 Å². The molecule has 0 aliphatic rings. The minimum atomic E-state index is 0.471. The van der Waals surface area contributed by atoms with Crippen molar-refractivity contribution in [2.75, 3.05) is 12.3 Å². The molecule has 0 radical (unpaired) electrons. The zero-order chi connectivity index (χ0) is 11.4. The molecule has 4 heteroatoms. The Balaban J connectivity index is 2.27. The number of aromatic nitrogens is 2. The summed E-state index contributed by atoms with van der Waals surface area (Å²) in [5.74, 6) is 1.33. The van der Waals surface area contributed by atoms with E-state index >= 15 is 0 Å². The molecular weight excluding hydrogens is 202 g/mol. The summed E-state index contributed by atoms with van der Waals surface area (Å²) in [7, 11) is 0. The summed E-state index contributed by atoms with van der Waals surface area (Å²) < 4.78 is 5.36. The SMILES string of the molecule is CCOc1ccc(-c2cc(N)ncn2)cc1. The van der Waals surface area contributed by atoms with E-state index in [0.29, 0.717) is 12.4 Å². The van der Waals surface area contributed by atoms with Gasteiger partial charge in [-0.1, -0.05) is 0 Å². The highest BCUT2D eigenvalue weighted by Gasteiger charge is 2.00. The predicted octanol–water partition coefficient (Wildman–Crippen LogP) is 2.12. The van der Waals surface area contributed by atoms with Crippen LogP contribution in [-0.4, -0.2) is 16.6 Å². The van der Waals surface area contributed by atoms with Crippen molar-refractivity contribution >= 4 is 5.82 Å². The summed E-state index contributed by atoms with van der Waals surface area (Å²) in [6, 6.07) is 9.48. The number of ether oxygens (including phenoxy) is 1. The Morgan fingerprint density at radius 2 is 1.94 bits per heavy atom. The number of nitrogens with two attached hydrogens (primary N) is 1. The Morgan fingerprint density at radius 1 is 1.19 bits per heavy atom. The molecule has 16 heavy (non-hydrogen) atoms. The van der Waals surface area contributed by atoms with Crippen LogP contribution in [0.5, 0.6) is 5.75 Å². The van der Waals surface area contributed by atoms with Gasteiger partial charge in [-0.3, -0.25) is 0 Å². The smallest absolute Gasteiger partial charge is 0.127 e. The summed E-state index contributed by atoms with van der Waals surface area (Å²) in [6.45, 7) is 2.62. The lowest BCUT2D eigenvalue weighted by molar-refractivity contribution is 0.340. The van der Waals surface area contributed by atoms with Crippen LogP contribution in [0.4, 0.5) is 5.82 Å². The van der Waals surface area contributed by atoms with Crippen LogP contribution in [0.1, 0.15) is 6.92 Å². The van der Waals surface area contributed by atoms with E-state index < -0.39 is 0 Å². The normalized spacial score (nSPS) is 10.1. The number of hydrogen-bond acceptors (Lipinski definition) is 4. The highest BCUT2D eigenvalue weighted by atomic mass is 16.5. The molecule has 1 aromatic carbocycles. The van der Waals surface area contributed by atoms with Crippen LogP contribution in [0.25, 0.3) is 11.3 Å². The van der Waals surface area contributed by atoms with E-state index in [1.807, 2.05) is 31.2 Å². The minimum absolute atomic E-state index is 0.471. The third-order valence-corrected chi connectivity index (χ3v) is 2.15. The van der Waals surface area contributed by atoms with Crippen LogP contribution in [0.3, 0.4) is 0 Å². The summed E-state index contributed by atoms with van der Waals surface area (Å²) in [4.78, 5) is 8.01. The number of rotatable bonds is 3. The molecule has 82 valence electrons. The zero-order valence-corrected chi connectivity index (χ0v) is 9.05. The Hall–Kier alpha value is -2.10. The lowest BCUT2D eigenvalue weighted by atomic mass is 10.1. The van der Waals surface area contributed by atoms with Gasteiger partial charge < -0.3 is 10.5 Å². The van der Waals surface area contributed by atoms with E-state index in [-0.39, 0.29) is 0 Å². The first-order chi connectivity index (χ1) is 7.79. The van der Waals surface area contributed by atoms with Gasteiger partial charge >= 0.3 is 0 Å². The third-order valence-electron chi connectivity index (χ3n) is 2.15. The van der Waals surface area contributed by atoms with Crippen molar-refractivity contribution < 1.29 is 4.74 Å². The zero-order valence-electron chi connectivity index (χ0n) is 9.05. The number of anilines is 1. The molecule has 2 aromatic rings. The molecule has 0 bridgehead atoms. The fraction of sp³-hybridized carbons (Fsp3) is 0.167. The van der Waals surface area contributed by atoms with Crippen molar-refractivity contribution in [2.24, 2.45) is 0 Å². The molecule has 2 rings (SSSR count). The summed E-state index contributed by atoms with van der Waals surface area (Å²) in [5, 5.41) is 0. The molecule has 1 aromatic heterocycles. The van der Waals surface area contributed by atoms with Gasteiger partial charge in [0.05, 0.1) is 12.3 Å². The summed E-state index contributed by atoms with van der Waals surface area (Å²) in [5.41, 5.74) is 7.41. The van der Waals surface area contributed by atoms with Crippen LogP contribution >= 0.6 is 0 Å². The molecule has 4 nitrogen and oxygen atoms in total. The van der Waals surface area contributed by atoms with Gasteiger partial charge in [0.15, 0.2) is 0 Å². The van der Waals surface area contributed by atoms with Crippen molar-refractivity contribution in [2.45, 2.75) is 6.92 Å². The van der Waals surface area contributed by atoms with Gasteiger partial charge in [0.2, 0.25) is 0 Å². The summed E-state index contributed by atoms with van der Waals surface area (Å²) >= 11 is 0. The van der Waals surface area contributed by atoms with Crippen molar-refractivity contribution in [1.29, 1.82) is 0 Å². The predicted molar refractivity (Wildman–Crippen MR) is 63.0 cm³/mol. The second-order valence-corrected chi connectivity index (χ2v) is 3.29. The molecule has 0 fully saturated rings. The Bertz CT molecular complexity index is 468. The van der Waals surface area contributed by atoms with Crippen molar-refractivity contribution in [3.8, 4) is 17.0 Å². The lowest BCUT2D eigenvalue weighted by Gasteiger charge is -2.04. The first-order valence-electron chi connectivity index (χ1n) is 5.10. The molecule has 0 aliphatic carbocycles. The fourth-order valence-corrected chi connectivity index (χ4v) is 1.42. The molecule has 0 unspecified atom stereocenters. The van der Waals surface area contributed by atoms with Gasteiger partial charge in [0.25, 0.3) is 0 Å². The minimum Gasteiger partial charge on any atom is -0.494 e. The van der Waals surface area contributed by atoms with Crippen LogP contribution in [0, 0.1) is 0 Å². The van der Waals surface area contributed by atoms with Crippen LogP contribution in [-0.2, 0) is 0 Å². The molecule has 0 amide bonds. The second-order valence-electron chi connectivity index (χ2n) is 3.29. The topological polar surface area (TPSA) is 61.0 Å². The van der Waals surface area contributed by atoms with E-state index in [4.69, 9.17) is 10.5 Å². The lowest BCUT2D eigenvalue weighted by Crippen LogP contribution is -1.93. The standard InChI is InChI=1S/C12H13N3O/c1-2-16-10-5-3-9(4-6-10)11-7-12(13)15-8-14-11/h3-8H,2H2,1H3,(H2,13,14,15). The third kappa shape index (κ3) is 2.28. The van der Waals surface area contributed by atoms with Gasteiger partial charge in [-0.25, -0.2) is 9.97 Å². The van der Waals surface area contributed by atoms with Gasteiger partial charge in [-0.15, -0.1) is 0 Å². The van der Waals surface area contributed by atoms with Gasteiger partial charge in [0, 0.05) is 11.6 Å². The summed E-state index contributed by atoms with van der Waals surface area (Å²) in [6.07, 6.45) is 1.46. The van der Waals surface area contributed by atoms with Crippen molar-refractivity contribution in [1.82, 2.24) is 9.97 Å². The van der Waals surface area contributed by atoms with Crippen molar-refractivity contribution in [3.63, 3.8) is 0 Å². The van der Waals surface area contributed by atoms with Gasteiger partial charge in [-0.05, 0) is 31.2 Å². The molecular formula is C12H13N3O. The van der Waals surface area contributed by atoms with Crippen LogP contribution in [0.15, 0.2) is 36.7 Å². The van der Waals surface area contributed by atoms with Crippen molar-refractivity contribution in [3.05, 3.63) is 36.7 Å². The first-order valence-corrected chi connectivity index (χ1v) is 5.10. The largest absolute Gasteiger partial charge is 0.494 e. The van der Waals surface area contributed by atoms with E-state index in [1.165, 1.54) is 6.33 Å². The number of hydrogen-bond donors (Lipinski definition) is 1. The van der Waals surface area contributed by atoms with Gasteiger partial charge in [0.1, 0.15) is 17.9 Å². The quantitative estimate of drug-likeness (QED) is 0.851. The highest BCUT2D eigenvalue weighted by molar-refractivity contribution is 5.62. The second kappa shape index (κ2) is 4.61. The Labute approximate surface area is 94.1 Å². The van der Waals surface area contributed by atoms with E-state index in [2.05, 4.69) is 9.97 Å². The number of benzene rings is 1. The Kier molecular flexibility index (Phi) is 3.00. The van der Waals surface area contributed by atoms with Crippen LogP contribution < -0.4 is 10.5 Å². The monoisotopic (exact) mass is 215 g/mol. The van der Waals surface area contributed by atoms with E-state index in [1.54, 1.807) is 6.07 Å². The van der Waals surface area contributed by atoms with Crippen LogP contribution in [0.2, 0.25) is 0 Å². The molecule has 0 saturated carbocycles. The average Bonchev–Trinajstić information content (AvgIpc) is 2.30. The first kappa shape index (κ1) is 10.4. The molecule has 1 heterocycles. The maximum absolute atomic E-state index is 5.60. The maximum atomic E-state index is 5.60. The Morgan fingerprint density at radius 3 is 2.56 bits per heavy atom. The molecule has 2 N–H and O–H groups in total. The fourth-order valence-electron chi connectivity index (χ4n) is 1.42. The van der Waals surface area contributed by atoms with Gasteiger partial charge in [-0.2, -0.15) is 0 Å². The molecule has 0 atom stereocenters. The molecule has 0 saturated heterocycles. The van der Waals surface area contributed by atoms with E-state index in [0.717, 1.165) is 17.0 Å². The average molecular weight is 215 g/mol. The number of nitrogen functional groups attached to an aromatic ring is 1. The molecule has 0 aliphatic heterocycles. The molecule has 0 spiro atoms.